The molecule has 0 saturated carbocycles. The van der Waals surface area contributed by atoms with Crippen LogP contribution >= 0.6 is 8.58 Å². The molecule has 0 aliphatic rings. The molecule has 0 bridgehead atoms. The van der Waals surface area contributed by atoms with Crippen molar-refractivity contribution in [1.29, 1.82) is 0 Å². The molecule has 0 nitrogen and oxygen atoms in total. The molecule has 19 heavy (non-hydrogen) atoms. The lowest BCUT2D eigenvalue weighted by atomic mass is 10.2. The highest BCUT2D eigenvalue weighted by atomic mass is 31.1. The van der Waals surface area contributed by atoms with Crippen LogP contribution in [0.2, 0.25) is 0 Å². The van der Waals surface area contributed by atoms with Crippen molar-refractivity contribution in [3.63, 3.8) is 0 Å². The molecular weight excluding hydrogens is 247 g/mol. The summed E-state index contributed by atoms with van der Waals surface area (Å²) in [6.07, 6.45) is 5.54. The van der Waals surface area contributed by atoms with Crippen LogP contribution in [0.25, 0.3) is 0 Å². The van der Waals surface area contributed by atoms with Crippen molar-refractivity contribution in [3.05, 3.63) is 60.7 Å². The molecule has 0 heterocycles. The van der Waals surface area contributed by atoms with Crippen molar-refractivity contribution < 1.29 is 0 Å². The number of unbranched alkanes of at least 4 members (excludes halogenated alkanes) is 3. The summed E-state index contributed by atoms with van der Waals surface area (Å²) in [4.78, 5) is 0. The quantitative estimate of drug-likeness (QED) is 0.536. The Morgan fingerprint density at radius 2 is 1.00 bits per heavy atom. The van der Waals surface area contributed by atoms with Gasteiger partial charge in [-0.15, -0.1) is 0 Å². The van der Waals surface area contributed by atoms with Gasteiger partial charge in [-0.1, -0.05) is 109 Å². The van der Waals surface area contributed by atoms with E-state index in [-0.39, 0.29) is 0 Å². The van der Waals surface area contributed by atoms with Crippen LogP contribution in [-0.4, -0.2) is 0 Å². The lowest BCUT2D eigenvalue weighted by molar-refractivity contribution is 0.702. The summed E-state index contributed by atoms with van der Waals surface area (Å²) in [5, 5.41) is 2.79. The summed E-state index contributed by atoms with van der Waals surface area (Å²) in [5.41, 5.74) is 0. The summed E-state index contributed by atoms with van der Waals surface area (Å²) in [6, 6.07) is 21.2. The smallest absolute Gasteiger partial charge is 0.0226 e. The maximum Gasteiger partial charge on any atom is -0.0226 e. The Hall–Kier alpha value is -1.13. The Morgan fingerprint density at radius 3 is 1.32 bits per heavy atom. The van der Waals surface area contributed by atoms with Gasteiger partial charge >= 0.3 is 0 Å². The molecule has 1 heteroatoms. The van der Waals surface area contributed by atoms with Gasteiger partial charge in [0.05, 0.1) is 0 Å². The second-order valence-electron chi connectivity index (χ2n) is 4.56. The summed E-state index contributed by atoms with van der Waals surface area (Å²) in [7, 11) is 0.777. The third-order valence-electron chi connectivity index (χ3n) is 2.79. The molecule has 0 unspecified atom stereocenters. The predicted molar refractivity (Wildman–Crippen MR) is 90.3 cm³/mol. The lowest BCUT2D eigenvalue weighted by Crippen LogP contribution is -2.01. The fourth-order valence-corrected chi connectivity index (χ4v) is 2.76. The van der Waals surface area contributed by atoms with Gasteiger partial charge in [0, 0.05) is 0 Å². The van der Waals surface area contributed by atoms with Crippen molar-refractivity contribution in [1.82, 2.24) is 0 Å². The molecule has 0 aliphatic heterocycles. The molecule has 0 aliphatic carbocycles. The van der Waals surface area contributed by atoms with Crippen LogP contribution < -0.4 is 10.6 Å². The van der Waals surface area contributed by atoms with E-state index in [0.29, 0.717) is 0 Å². The summed E-state index contributed by atoms with van der Waals surface area (Å²) in [5.74, 6) is 0. The molecule has 0 radical (unpaired) electrons. The minimum Gasteiger partial charge on any atom is -0.0654 e. The molecule has 0 aromatic heterocycles. The minimum absolute atomic E-state index is 0.777. The van der Waals surface area contributed by atoms with Crippen molar-refractivity contribution in [3.8, 4) is 0 Å². The van der Waals surface area contributed by atoms with Crippen LogP contribution in [0.4, 0.5) is 0 Å². The lowest BCUT2D eigenvalue weighted by Gasteiger charge is -2.00. The Morgan fingerprint density at radius 1 is 0.632 bits per heavy atom. The highest BCUT2D eigenvalue weighted by molar-refractivity contribution is 7.55. The van der Waals surface area contributed by atoms with Crippen molar-refractivity contribution in [2.24, 2.45) is 0 Å². The first-order chi connectivity index (χ1) is 9.36. The summed E-state index contributed by atoms with van der Waals surface area (Å²) >= 11 is 0. The van der Waals surface area contributed by atoms with Gasteiger partial charge in [-0.3, -0.25) is 0 Å². The maximum absolute atomic E-state index is 2.23. The second-order valence-corrected chi connectivity index (χ2v) is 5.97. The average molecular weight is 272 g/mol. The van der Waals surface area contributed by atoms with Gasteiger partial charge in [-0.2, -0.15) is 0 Å². The zero-order valence-corrected chi connectivity index (χ0v) is 13.1. The largest absolute Gasteiger partial charge is 0.0654 e. The van der Waals surface area contributed by atoms with Gasteiger partial charge in [0.1, 0.15) is 0 Å². The van der Waals surface area contributed by atoms with E-state index in [4.69, 9.17) is 0 Å². The van der Waals surface area contributed by atoms with Crippen molar-refractivity contribution in [2.45, 2.75) is 39.5 Å². The predicted octanol–water partition coefficient (Wildman–Crippen LogP) is 4.90. The van der Waals surface area contributed by atoms with Gasteiger partial charge in [-0.25, -0.2) is 0 Å². The molecule has 102 valence electrons. The Kier molecular flexibility index (Phi) is 9.02. The monoisotopic (exact) mass is 272 g/mol. The topological polar surface area (TPSA) is 0 Å². The molecule has 0 atom stereocenters. The molecular formula is C18H25P. The Bertz CT molecular complexity index is 367. The van der Waals surface area contributed by atoms with E-state index in [0.717, 1.165) is 8.58 Å². The fourth-order valence-electron chi connectivity index (χ4n) is 1.71. The van der Waals surface area contributed by atoms with E-state index in [1.165, 1.54) is 36.3 Å². The Balaban J connectivity index is 0.000000258. The highest BCUT2D eigenvalue weighted by Crippen LogP contribution is 2.08. The first-order valence-corrected chi connectivity index (χ1v) is 8.24. The van der Waals surface area contributed by atoms with Gasteiger partial charge in [0.15, 0.2) is 0 Å². The van der Waals surface area contributed by atoms with Crippen molar-refractivity contribution in [2.75, 3.05) is 0 Å². The van der Waals surface area contributed by atoms with Gasteiger partial charge < -0.3 is 0 Å². The number of hydrogen-bond donors (Lipinski definition) is 0. The third kappa shape index (κ3) is 7.80. The molecule has 0 N–H and O–H groups in total. The standard InChI is InChI=1S/C12H11P.C6H14/c1-3-7-11(8-4-1)13-12-9-5-2-6-10-12;1-3-5-6-4-2/h1-10,13H;3-6H2,1-2H3. The average Bonchev–Trinajstić information content (AvgIpc) is 2.48. The maximum atomic E-state index is 2.23. The number of benzene rings is 2. The van der Waals surface area contributed by atoms with E-state index >= 15 is 0 Å². The van der Waals surface area contributed by atoms with Gasteiger partial charge in [-0.05, 0) is 10.6 Å². The molecule has 2 rings (SSSR count). The van der Waals surface area contributed by atoms with Crippen LogP contribution in [0.15, 0.2) is 60.7 Å². The van der Waals surface area contributed by atoms with E-state index in [1.807, 2.05) is 0 Å². The van der Waals surface area contributed by atoms with Crippen LogP contribution in [0, 0.1) is 0 Å². The minimum atomic E-state index is 0.777. The number of rotatable bonds is 5. The first kappa shape index (κ1) is 15.9. The van der Waals surface area contributed by atoms with Gasteiger partial charge in [0.25, 0.3) is 0 Å². The zero-order valence-electron chi connectivity index (χ0n) is 12.1. The van der Waals surface area contributed by atoms with Crippen LogP contribution in [-0.2, 0) is 0 Å². The Labute approximate surface area is 120 Å². The normalized spacial score (nSPS) is 9.58. The van der Waals surface area contributed by atoms with Crippen molar-refractivity contribution >= 4 is 19.2 Å². The molecule has 0 fully saturated rings. The van der Waals surface area contributed by atoms with E-state index in [2.05, 4.69) is 74.5 Å². The van der Waals surface area contributed by atoms with E-state index < -0.39 is 0 Å². The first-order valence-electron chi connectivity index (χ1n) is 7.24. The number of hydrogen-bond acceptors (Lipinski definition) is 0. The second kappa shape index (κ2) is 10.8. The third-order valence-corrected chi connectivity index (χ3v) is 4.04. The summed E-state index contributed by atoms with van der Waals surface area (Å²) < 4.78 is 0. The van der Waals surface area contributed by atoms with Gasteiger partial charge in [0.2, 0.25) is 0 Å². The molecule has 2 aromatic carbocycles. The molecule has 0 amide bonds. The van der Waals surface area contributed by atoms with Crippen LogP contribution in [0.3, 0.4) is 0 Å². The van der Waals surface area contributed by atoms with Crippen LogP contribution in [0.5, 0.6) is 0 Å². The van der Waals surface area contributed by atoms with E-state index in [9.17, 15) is 0 Å². The zero-order chi connectivity index (χ0) is 13.8. The fraction of sp³-hybridized carbons (Fsp3) is 0.333. The molecule has 2 aromatic rings. The molecule has 0 saturated heterocycles. The van der Waals surface area contributed by atoms with Crippen LogP contribution in [0.1, 0.15) is 39.5 Å². The highest BCUT2D eigenvalue weighted by Gasteiger charge is 1.92. The summed E-state index contributed by atoms with van der Waals surface area (Å²) in [6.45, 7) is 4.46. The molecule has 0 spiro atoms. The van der Waals surface area contributed by atoms with E-state index in [1.54, 1.807) is 0 Å². The SMILES string of the molecule is CCCCCC.c1ccc(Pc2ccccc2)cc1.